The number of hydrogen-bond acceptors (Lipinski definition) is 6. The Balaban J connectivity index is 0.00000324. The van der Waals surface area contributed by atoms with Gasteiger partial charge in [-0.2, -0.15) is 0 Å². The van der Waals surface area contributed by atoms with Gasteiger partial charge in [0, 0.05) is 6.61 Å². The average molecular weight is 296 g/mol. The Hall–Kier alpha value is -0.850. The molecule has 112 valence electrons. The number of halogens is 1. The third-order valence-corrected chi connectivity index (χ3v) is 2.72. The highest BCUT2D eigenvalue weighted by molar-refractivity contribution is 5.85. The fourth-order valence-corrected chi connectivity index (χ4v) is 1.42. The fourth-order valence-electron chi connectivity index (χ4n) is 1.42. The molecule has 0 unspecified atom stereocenters. The van der Waals surface area contributed by atoms with Gasteiger partial charge in [-0.15, -0.1) is 12.4 Å². The van der Waals surface area contributed by atoms with E-state index in [-0.39, 0.29) is 30.9 Å². The van der Waals surface area contributed by atoms with Crippen molar-refractivity contribution in [2.45, 2.75) is 45.4 Å². The molecule has 7 heteroatoms. The van der Waals surface area contributed by atoms with E-state index in [0.29, 0.717) is 13.0 Å². The van der Waals surface area contributed by atoms with Crippen LogP contribution in [0.15, 0.2) is 0 Å². The molecule has 19 heavy (non-hydrogen) atoms. The van der Waals surface area contributed by atoms with E-state index in [1.165, 1.54) is 0 Å². The highest BCUT2D eigenvalue weighted by atomic mass is 35.5. The summed E-state index contributed by atoms with van der Waals surface area (Å²) in [5, 5.41) is 0. The molecule has 0 aromatic rings. The topological polar surface area (TPSA) is 87.9 Å². The van der Waals surface area contributed by atoms with Crippen LogP contribution in [0.3, 0.4) is 0 Å². The van der Waals surface area contributed by atoms with E-state index in [1.807, 2.05) is 0 Å². The number of rotatable bonds is 2. The molecule has 1 aliphatic heterocycles. The zero-order valence-electron chi connectivity index (χ0n) is 11.5. The molecule has 2 N–H and O–H groups in total. The van der Waals surface area contributed by atoms with Gasteiger partial charge in [0.1, 0.15) is 12.1 Å². The van der Waals surface area contributed by atoms with E-state index in [0.717, 1.165) is 0 Å². The van der Waals surface area contributed by atoms with Crippen LogP contribution in [0.5, 0.6) is 0 Å². The van der Waals surface area contributed by atoms with Gasteiger partial charge in [-0.3, -0.25) is 9.59 Å². The normalized spacial score (nSPS) is 28.5. The lowest BCUT2D eigenvalue weighted by atomic mass is 10.2. The molecule has 1 fully saturated rings. The molecule has 1 rings (SSSR count). The van der Waals surface area contributed by atoms with Crippen molar-refractivity contribution in [1.82, 2.24) is 0 Å². The first-order valence-corrected chi connectivity index (χ1v) is 6.16. The Morgan fingerprint density at radius 1 is 1.47 bits per heavy atom. The molecule has 0 aliphatic carbocycles. The van der Waals surface area contributed by atoms with Gasteiger partial charge in [-0.1, -0.05) is 13.8 Å². The summed E-state index contributed by atoms with van der Waals surface area (Å²) >= 11 is 0. The van der Waals surface area contributed by atoms with Crippen molar-refractivity contribution in [3.63, 3.8) is 0 Å². The average Bonchev–Trinajstić information content (AvgIpc) is 2.35. The van der Waals surface area contributed by atoms with Gasteiger partial charge in [0.15, 0.2) is 6.10 Å². The van der Waals surface area contributed by atoms with Crippen LogP contribution >= 0.6 is 12.4 Å². The molecular formula is C12H22ClNO5. The van der Waals surface area contributed by atoms with E-state index in [9.17, 15) is 9.59 Å². The monoisotopic (exact) mass is 295 g/mol. The summed E-state index contributed by atoms with van der Waals surface area (Å²) in [7, 11) is 0. The minimum atomic E-state index is -0.688. The van der Waals surface area contributed by atoms with Crippen LogP contribution in [0.4, 0.5) is 0 Å². The molecule has 1 saturated heterocycles. The van der Waals surface area contributed by atoms with Crippen LogP contribution in [0.25, 0.3) is 0 Å². The highest BCUT2D eigenvalue weighted by Crippen LogP contribution is 2.12. The number of carbonyl (C=O) groups excluding carboxylic acids is 2. The van der Waals surface area contributed by atoms with E-state index in [1.54, 1.807) is 20.8 Å². The fraction of sp³-hybridized carbons (Fsp3) is 0.833. The second kappa shape index (κ2) is 8.35. The maximum atomic E-state index is 11.6. The Morgan fingerprint density at radius 3 is 2.68 bits per heavy atom. The lowest BCUT2D eigenvalue weighted by Crippen LogP contribution is -2.40. The predicted octanol–water partition coefficient (Wildman–Crippen LogP) is 0.655. The van der Waals surface area contributed by atoms with Gasteiger partial charge in [0.25, 0.3) is 0 Å². The van der Waals surface area contributed by atoms with Gasteiger partial charge in [-0.25, -0.2) is 0 Å². The number of hydrogen-bond donors (Lipinski definition) is 1. The van der Waals surface area contributed by atoms with E-state index < -0.39 is 24.2 Å². The van der Waals surface area contributed by atoms with E-state index in [2.05, 4.69) is 0 Å². The first-order chi connectivity index (χ1) is 8.41. The van der Waals surface area contributed by atoms with Crippen LogP contribution < -0.4 is 5.73 Å². The zero-order valence-corrected chi connectivity index (χ0v) is 12.3. The molecule has 0 bridgehead atoms. The third kappa shape index (κ3) is 5.76. The number of cyclic esters (lactones) is 1. The third-order valence-electron chi connectivity index (χ3n) is 2.72. The lowest BCUT2D eigenvalue weighted by Gasteiger charge is -2.24. The quantitative estimate of drug-likeness (QED) is 0.753. The Morgan fingerprint density at radius 2 is 2.11 bits per heavy atom. The molecule has 0 aromatic carbocycles. The van der Waals surface area contributed by atoms with Crippen molar-refractivity contribution >= 4 is 24.3 Å². The molecule has 0 saturated carbocycles. The largest absolute Gasteiger partial charge is 0.457 e. The molecule has 1 heterocycles. The number of carbonyl (C=O) groups is 2. The number of ether oxygens (including phenoxy) is 3. The van der Waals surface area contributed by atoms with Gasteiger partial charge in [-0.05, 0) is 13.3 Å². The van der Waals surface area contributed by atoms with Crippen molar-refractivity contribution in [2.24, 2.45) is 11.7 Å². The summed E-state index contributed by atoms with van der Waals surface area (Å²) in [6, 6.07) is -0.688. The summed E-state index contributed by atoms with van der Waals surface area (Å²) < 4.78 is 15.8. The Kier molecular flexibility index (Phi) is 7.97. The van der Waals surface area contributed by atoms with Crippen LogP contribution in [-0.4, -0.2) is 43.4 Å². The maximum Gasteiger partial charge on any atom is 0.323 e. The molecule has 6 nitrogen and oxygen atoms in total. The smallest absolute Gasteiger partial charge is 0.323 e. The first-order valence-electron chi connectivity index (χ1n) is 6.16. The molecule has 3 atom stereocenters. The standard InChI is InChI=1S/C12H21NO5.ClH/c1-7(2)11(14)18-10-6-16-5-4-9(13)12(15)17-8(10)3;/h7-10H,4-6,13H2,1-3H3;1H/t8-,9-,10+;/m0./s1. The van der Waals surface area contributed by atoms with Crippen molar-refractivity contribution in [1.29, 1.82) is 0 Å². The van der Waals surface area contributed by atoms with E-state index in [4.69, 9.17) is 19.9 Å². The summed E-state index contributed by atoms with van der Waals surface area (Å²) in [5.41, 5.74) is 5.61. The Labute approximate surface area is 119 Å². The summed E-state index contributed by atoms with van der Waals surface area (Å²) in [6.07, 6.45) is -0.755. The Bertz CT molecular complexity index is 310. The summed E-state index contributed by atoms with van der Waals surface area (Å²) in [4.78, 5) is 23.1. The first kappa shape index (κ1) is 18.1. The number of esters is 2. The SMILES string of the molecule is CC(C)C(=O)O[C@@H]1COCC[C@H](N)C(=O)O[C@H]1C.Cl. The van der Waals surface area contributed by atoms with Gasteiger partial charge in [0.2, 0.25) is 0 Å². The van der Waals surface area contributed by atoms with Crippen LogP contribution in [0.1, 0.15) is 27.2 Å². The molecule has 0 spiro atoms. The van der Waals surface area contributed by atoms with Crippen molar-refractivity contribution in [2.75, 3.05) is 13.2 Å². The van der Waals surface area contributed by atoms with Crippen LogP contribution in [-0.2, 0) is 23.8 Å². The highest BCUT2D eigenvalue weighted by Gasteiger charge is 2.29. The second-order valence-corrected chi connectivity index (χ2v) is 4.74. The van der Waals surface area contributed by atoms with Crippen LogP contribution in [0, 0.1) is 5.92 Å². The molecule has 1 aliphatic rings. The summed E-state index contributed by atoms with van der Waals surface area (Å²) in [5.74, 6) is -1.06. The van der Waals surface area contributed by atoms with Gasteiger partial charge >= 0.3 is 11.9 Å². The minimum absolute atomic E-state index is 0. The van der Waals surface area contributed by atoms with Gasteiger partial charge in [0.05, 0.1) is 12.5 Å². The molecule has 0 amide bonds. The predicted molar refractivity (Wildman–Crippen MR) is 70.9 cm³/mol. The van der Waals surface area contributed by atoms with E-state index >= 15 is 0 Å². The maximum absolute atomic E-state index is 11.6. The minimum Gasteiger partial charge on any atom is -0.457 e. The zero-order chi connectivity index (χ0) is 13.7. The number of nitrogens with two attached hydrogens (primary N) is 1. The second-order valence-electron chi connectivity index (χ2n) is 4.74. The van der Waals surface area contributed by atoms with Crippen molar-refractivity contribution in [3.8, 4) is 0 Å². The molecule has 0 radical (unpaired) electrons. The van der Waals surface area contributed by atoms with Gasteiger partial charge < -0.3 is 19.9 Å². The lowest BCUT2D eigenvalue weighted by molar-refractivity contribution is -0.172. The van der Waals surface area contributed by atoms with Crippen molar-refractivity contribution in [3.05, 3.63) is 0 Å². The van der Waals surface area contributed by atoms with Crippen molar-refractivity contribution < 1.29 is 23.8 Å². The van der Waals surface area contributed by atoms with Crippen LogP contribution in [0.2, 0.25) is 0 Å². The molecule has 0 aromatic heterocycles. The summed E-state index contributed by atoms with van der Waals surface area (Å²) in [6.45, 7) is 5.70. The molecular weight excluding hydrogens is 274 g/mol.